The number of hydrogen-bond donors (Lipinski definition) is 2. The zero-order valence-corrected chi connectivity index (χ0v) is 8.92. The third kappa shape index (κ3) is 5.53. The predicted molar refractivity (Wildman–Crippen MR) is 52.8 cm³/mol. The highest BCUT2D eigenvalue weighted by Crippen LogP contribution is 1.86. The Hall–Kier alpha value is -1.10. The minimum Gasteiger partial charge on any atom is -0.465 e. The number of nitrogens with one attached hydrogen (secondary N) is 2. The maximum absolute atomic E-state index is 11.1. The molecule has 5 heteroatoms. The van der Waals surface area contributed by atoms with Crippen LogP contribution in [0.1, 0.15) is 20.8 Å². The first-order valence-electron chi connectivity index (χ1n) is 4.78. The summed E-state index contributed by atoms with van der Waals surface area (Å²) in [6, 6.07) is -0.447. The molecule has 0 rings (SSSR count). The van der Waals surface area contributed by atoms with Gasteiger partial charge in [-0.15, -0.1) is 0 Å². The fourth-order valence-corrected chi connectivity index (χ4v) is 0.856. The van der Waals surface area contributed by atoms with Crippen LogP contribution < -0.4 is 10.6 Å². The first-order valence-corrected chi connectivity index (χ1v) is 4.78. The lowest BCUT2D eigenvalue weighted by molar-refractivity contribution is -0.145. The molecule has 0 aromatic carbocycles. The van der Waals surface area contributed by atoms with Gasteiger partial charge in [-0.2, -0.15) is 0 Å². The summed E-state index contributed by atoms with van der Waals surface area (Å²) in [4.78, 5) is 22.1. The average molecular weight is 202 g/mol. The van der Waals surface area contributed by atoms with E-state index < -0.39 is 6.04 Å². The minimum atomic E-state index is -0.447. The molecule has 1 unspecified atom stereocenters. The highest BCUT2D eigenvalue weighted by atomic mass is 16.5. The number of carbonyl (C=O) groups excluding carboxylic acids is 2. The van der Waals surface area contributed by atoms with Crippen LogP contribution in [0.3, 0.4) is 0 Å². The Morgan fingerprint density at radius 3 is 2.50 bits per heavy atom. The number of ether oxygens (including phenoxy) is 1. The second kappa shape index (κ2) is 7.32. The van der Waals surface area contributed by atoms with Gasteiger partial charge >= 0.3 is 5.97 Å². The molecule has 0 radical (unpaired) electrons. The molecule has 0 fully saturated rings. The van der Waals surface area contributed by atoms with Gasteiger partial charge < -0.3 is 10.1 Å². The highest BCUT2D eigenvalue weighted by molar-refractivity contribution is 5.80. The first-order chi connectivity index (χ1) is 6.61. The number of likely N-dealkylation sites (N-methyl/N-ethyl adjacent to an activating group) is 1. The van der Waals surface area contributed by atoms with Crippen LogP contribution in [0.4, 0.5) is 0 Å². The maximum atomic E-state index is 11.1. The van der Waals surface area contributed by atoms with E-state index in [9.17, 15) is 9.59 Å². The van der Waals surface area contributed by atoms with E-state index in [4.69, 9.17) is 4.74 Å². The lowest BCUT2D eigenvalue weighted by Crippen LogP contribution is -2.42. The van der Waals surface area contributed by atoms with Crippen molar-refractivity contribution in [2.45, 2.75) is 26.8 Å². The molecule has 0 bridgehead atoms. The van der Waals surface area contributed by atoms with Crippen molar-refractivity contribution in [1.82, 2.24) is 10.6 Å². The number of esters is 1. The Morgan fingerprint density at radius 1 is 1.36 bits per heavy atom. The van der Waals surface area contributed by atoms with Gasteiger partial charge in [-0.3, -0.25) is 14.9 Å². The van der Waals surface area contributed by atoms with Crippen molar-refractivity contribution in [2.24, 2.45) is 0 Å². The molecule has 14 heavy (non-hydrogen) atoms. The lowest BCUT2D eigenvalue weighted by Gasteiger charge is -2.11. The monoisotopic (exact) mass is 202 g/mol. The number of carbonyl (C=O) groups is 2. The van der Waals surface area contributed by atoms with E-state index in [1.165, 1.54) is 0 Å². The zero-order valence-electron chi connectivity index (χ0n) is 8.92. The molecule has 1 amide bonds. The van der Waals surface area contributed by atoms with Gasteiger partial charge in [0.25, 0.3) is 0 Å². The van der Waals surface area contributed by atoms with Crippen LogP contribution in [-0.2, 0) is 14.3 Å². The van der Waals surface area contributed by atoms with Crippen LogP contribution in [0.5, 0.6) is 0 Å². The summed E-state index contributed by atoms with van der Waals surface area (Å²) in [5.74, 6) is -0.458. The van der Waals surface area contributed by atoms with E-state index >= 15 is 0 Å². The second-order valence-electron chi connectivity index (χ2n) is 2.81. The van der Waals surface area contributed by atoms with Gasteiger partial charge in [0.2, 0.25) is 5.91 Å². The average Bonchev–Trinajstić information content (AvgIpc) is 2.15. The second-order valence-corrected chi connectivity index (χ2v) is 2.81. The Kier molecular flexibility index (Phi) is 6.74. The van der Waals surface area contributed by atoms with E-state index in [-0.39, 0.29) is 18.4 Å². The SMILES string of the molecule is CCNC(=O)CNC(C)C(=O)OCC. The fourth-order valence-electron chi connectivity index (χ4n) is 0.856. The molecule has 0 saturated heterocycles. The Labute approximate surface area is 84.2 Å². The van der Waals surface area contributed by atoms with Crippen molar-refractivity contribution < 1.29 is 14.3 Å². The van der Waals surface area contributed by atoms with E-state index in [1.807, 2.05) is 6.92 Å². The largest absolute Gasteiger partial charge is 0.465 e. The van der Waals surface area contributed by atoms with Crippen LogP contribution in [-0.4, -0.2) is 37.6 Å². The van der Waals surface area contributed by atoms with Crippen LogP contribution in [0.2, 0.25) is 0 Å². The van der Waals surface area contributed by atoms with E-state index in [2.05, 4.69) is 10.6 Å². The summed E-state index contributed by atoms with van der Waals surface area (Å²) in [6.07, 6.45) is 0. The molecule has 2 N–H and O–H groups in total. The maximum Gasteiger partial charge on any atom is 0.322 e. The molecule has 0 aromatic heterocycles. The number of hydrogen-bond acceptors (Lipinski definition) is 4. The summed E-state index contributed by atoms with van der Waals surface area (Å²) in [7, 11) is 0. The van der Waals surface area contributed by atoms with Gasteiger partial charge in [0.1, 0.15) is 6.04 Å². The van der Waals surface area contributed by atoms with Gasteiger partial charge in [0, 0.05) is 6.54 Å². The predicted octanol–water partition coefficient (Wildman–Crippen LogP) is -0.336. The molecule has 0 heterocycles. The lowest BCUT2D eigenvalue weighted by atomic mass is 10.3. The Bertz CT molecular complexity index is 194. The highest BCUT2D eigenvalue weighted by Gasteiger charge is 2.13. The normalized spacial score (nSPS) is 11.9. The molecule has 0 spiro atoms. The molecule has 0 aliphatic heterocycles. The van der Waals surface area contributed by atoms with Crippen LogP contribution in [0.25, 0.3) is 0 Å². The van der Waals surface area contributed by atoms with Crippen molar-refractivity contribution >= 4 is 11.9 Å². The summed E-state index contributed by atoms with van der Waals surface area (Å²) in [6.45, 7) is 6.33. The topological polar surface area (TPSA) is 67.4 Å². The zero-order chi connectivity index (χ0) is 11.0. The third-order valence-electron chi connectivity index (χ3n) is 1.58. The smallest absolute Gasteiger partial charge is 0.322 e. The van der Waals surface area contributed by atoms with Crippen molar-refractivity contribution in [1.29, 1.82) is 0 Å². The molecular formula is C9H18N2O3. The van der Waals surface area contributed by atoms with E-state index in [0.29, 0.717) is 13.2 Å². The van der Waals surface area contributed by atoms with Gasteiger partial charge in [0.15, 0.2) is 0 Å². The standard InChI is InChI=1S/C9H18N2O3/c1-4-10-8(12)6-11-7(3)9(13)14-5-2/h7,11H,4-6H2,1-3H3,(H,10,12). The van der Waals surface area contributed by atoms with Gasteiger partial charge in [0.05, 0.1) is 13.2 Å². The van der Waals surface area contributed by atoms with E-state index in [1.54, 1.807) is 13.8 Å². The molecule has 0 aliphatic carbocycles. The Balaban J connectivity index is 3.67. The first kappa shape index (κ1) is 12.9. The molecule has 1 atom stereocenters. The van der Waals surface area contributed by atoms with Crippen molar-refractivity contribution in [2.75, 3.05) is 19.7 Å². The van der Waals surface area contributed by atoms with Crippen LogP contribution in [0, 0.1) is 0 Å². The molecule has 0 aromatic rings. The third-order valence-corrected chi connectivity index (χ3v) is 1.58. The quantitative estimate of drug-likeness (QED) is 0.578. The molecule has 82 valence electrons. The van der Waals surface area contributed by atoms with Crippen molar-refractivity contribution in [3.05, 3.63) is 0 Å². The van der Waals surface area contributed by atoms with Crippen LogP contribution >= 0.6 is 0 Å². The van der Waals surface area contributed by atoms with E-state index in [0.717, 1.165) is 0 Å². The van der Waals surface area contributed by atoms with Gasteiger partial charge in [-0.1, -0.05) is 0 Å². The molecule has 0 saturated carbocycles. The summed E-state index contributed by atoms with van der Waals surface area (Å²) >= 11 is 0. The van der Waals surface area contributed by atoms with Crippen LogP contribution in [0.15, 0.2) is 0 Å². The number of rotatable bonds is 6. The van der Waals surface area contributed by atoms with Crippen molar-refractivity contribution in [3.8, 4) is 0 Å². The minimum absolute atomic E-state index is 0.122. The molecule has 0 aliphatic rings. The fraction of sp³-hybridized carbons (Fsp3) is 0.778. The van der Waals surface area contributed by atoms with Gasteiger partial charge in [-0.05, 0) is 20.8 Å². The van der Waals surface area contributed by atoms with Gasteiger partial charge in [-0.25, -0.2) is 0 Å². The van der Waals surface area contributed by atoms with Crippen molar-refractivity contribution in [3.63, 3.8) is 0 Å². The molecule has 5 nitrogen and oxygen atoms in total. The molecular weight excluding hydrogens is 184 g/mol. The summed E-state index contributed by atoms with van der Waals surface area (Å²) in [5, 5.41) is 5.38. The summed E-state index contributed by atoms with van der Waals surface area (Å²) in [5.41, 5.74) is 0. The summed E-state index contributed by atoms with van der Waals surface area (Å²) < 4.78 is 4.76. The Morgan fingerprint density at radius 2 is 2.00 bits per heavy atom. The number of amides is 1.